The summed E-state index contributed by atoms with van der Waals surface area (Å²) in [6, 6.07) is 10.8. The van der Waals surface area contributed by atoms with Gasteiger partial charge in [-0.05, 0) is 30.3 Å². The predicted molar refractivity (Wildman–Crippen MR) is 93.0 cm³/mol. The van der Waals surface area contributed by atoms with Crippen molar-refractivity contribution in [2.45, 2.75) is 4.90 Å². The van der Waals surface area contributed by atoms with Crippen molar-refractivity contribution in [2.24, 2.45) is 4.99 Å². The lowest BCUT2D eigenvalue weighted by molar-refractivity contribution is -0.384. The van der Waals surface area contributed by atoms with Crippen molar-refractivity contribution >= 4 is 46.5 Å². The van der Waals surface area contributed by atoms with Gasteiger partial charge in [0.05, 0.1) is 16.4 Å². The van der Waals surface area contributed by atoms with Gasteiger partial charge < -0.3 is 0 Å². The fourth-order valence-corrected chi connectivity index (χ4v) is 3.16. The highest BCUT2D eigenvalue weighted by molar-refractivity contribution is 8.00. The molecule has 0 spiro atoms. The molecule has 0 unspecified atom stereocenters. The quantitative estimate of drug-likeness (QED) is 0.631. The third-order valence-corrected chi connectivity index (χ3v) is 4.49. The third-order valence-electron chi connectivity index (χ3n) is 3.20. The van der Waals surface area contributed by atoms with Gasteiger partial charge in [0.2, 0.25) is 0 Å². The average molecular weight is 363 g/mol. The molecule has 2 aromatic carbocycles. The van der Waals surface area contributed by atoms with Crippen molar-refractivity contribution in [3.63, 3.8) is 0 Å². The normalized spacial score (nSPS) is 12.8. The highest BCUT2D eigenvalue weighted by Gasteiger charge is 2.14. The molecule has 1 heterocycles. The van der Waals surface area contributed by atoms with Crippen LogP contribution in [0.3, 0.4) is 0 Å². The number of rotatable bonds is 2. The van der Waals surface area contributed by atoms with Gasteiger partial charge in [0.15, 0.2) is 0 Å². The summed E-state index contributed by atoms with van der Waals surface area (Å²) in [5, 5.41) is 11.3. The molecule has 0 atom stereocenters. The summed E-state index contributed by atoms with van der Waals surface area (Å²) in [5.41, 5.74) is 6.33. The fourth-order valence-electron chi connectivity index (χ4n) is 2.02. The first kappa shape index (κ1) is 16.3. The van der Waals surface area contributed by atoms with Gasteiger partial charge in [0, 0.05) is 27.6 Å². The number of thioether (sulfide) groups is 1. The van der Waals surface area contributed by atoms with E-state index in [-0.39, 0.29) is 5.69 Å². The number of non-ortho nitro benzene ring substituents is 1. The van der Waals surface area contributed by atoms with E-state index in [0.717, 1.165) is 10.6 Å². The Morgan fingerprint density at radius 3 is 2.71 bits per heavy atom. The van der Waals surface area contributed by atoms with E-state index in [1.165, 1.54) is 24.3 Å². The van der Waals surface area contributed by atoms with Crippen LogP contribution in [-0.2, 0) is 0 Å². The Hall–Kier alpha value is -2.58. The first-order chi connectivity index (χ1) is 11.5. The maximum absolute atomic E-state index is 12.0. The van der Waals surface area contributed by atoms with Crippen LogP contribution in [0.15, 0.2) is 52.4 Å². The van der Waals surface area contributed by atoms with Gasteiger partial charge >= 0.3 is 0 Å². The number of nitro benzene ring substituents is 1. The number of nitrogens with one attached hydrogen (secondary N) is 2. The molecular formula is C15H11ClN4O3S. The number of hydrazine groups is 1. The molecular weight excluding hydrogens is 352 g/mol. The molecule has 24 heavy (non-hydrogen) atoms. The van der Waals surface area contributed by atoms with E-state index in [1.54, 1.807) is 17.8 Å². The Kier molecular flexibility index (Phi) is 4.68. The van der Waals surface area contributed by atoms with Crippen LogP contribution in [0.5, 0.6) is 0 Å². The number of amidine groups is 1. The minimum absolute atomic E-state index is 0.0668. The van der Waals surface area contributed by atoms with Crippen molar-refractivity contribution in [2.75, 3.05) is 5.75 Å². The molecule has 7 nitrogen and oxygen atoms in total. The number of aliphatic imine (C=N–C) groups is 1. The van der Waals surface area contributed by atoms with E-state index in [4.69, 9.17) is 11.6 Å². The average Bonchev–Trinajstić information content (AvgIpc) is 2.59. The standard InChI is InChI=1S/C15H11ClN4O3S/c16-10-3-6-12-13(7-10)24-8-14(17-12)18-19-15(21)9-1-4-11(5-2-9)20(22)23/h1-7H,8H2,(H,17,18)(H,19,21). The van der Waals surface area contributed by atoms with E-state index in [1.807, 2.05) is 12.1 Å². The molecule has 1 aliphatic heterocycles. The maximum atomic E-state index is 12.0. The Morgan fingerprint density at radius 2 is 2.00 bits per heavy atom. The minimum atomic E-state index is -0.516. The van der Waals surface area contributed by atoms with Crippen LogP contribution in [-0.4, -0.2) is 22.4 Å². The Bertz CT molecular complexity index is 839. The lowest BCUT2D eigenvalue weighted by atomic mass is 10.2. The Balaban J connectivity index is 1.64. The first-order valence-electron chi connectivity index (χ1n) is 6.83. The molecule has 9 heteroatoms. The number of carbonyl (C=O) groups is 1. The van der Waals surface area contributed by atoms with Crippen molar-refractivity contribution in [3.8, 4) is 0 Å². The summed E-state index contributed by atoms with van der Waals surface area (Å²) in [6.45, 7) is 0. The zero-order valence-electron chi connectivity index (χ0n) is 12.2. The maximum Gasteiger partial charge on any atom is 0.269 e. The number of nitro groups is 1. The molecule has 0 bridgehead atoms. The number of halogens is 1. The second-order valence-corrected chi connectivity index (χ2v) is 6.30. The number of hydrogen-bond acceptors (Lipinski definition) is 6. The van der Waals surface area contributed by atoms with E-state index in [9.17, 15) is 14.9 Å². The van der Waals surface area contributed by atoms with Crippen LogP contribution >= 0.6 is 23.4 Å². The number of benzene rings is 2. The molecule has 0 radical (unpaired) electrons. The second kappa shape index (κ2) is 6.90. The molecule has 0 saturated heterocycles. The third kappa shape index (κ3) is 3.66. The largest absolute Gasteiger partial charge is 0.284 e. The summed E-state index contributed by atoms with van der Waals surface area (Å²) < 4.78 is 0. The van der Waals surface area contributed by atoms with Gasteiger partial charge in [-0.1, -0.05) is 11.6 Å². The van der Waals surface area contributed by atoms with Crippen LogP contribution < -0.4 is 10.9 Å². The Morgan fingerprint density at radius 1 is 1.25 bits per heavy atom. The number of carbonyl (C=O) groups excluding carboxylic acids is 1. The molecule has 0 saturated carbocycles. The summed E-state index contributed by atoms with van der Waals surface area (Å²) in [5.74, 6) is 0.762. The monoisotopic (exact) mass is 362 g/mol. The number of amides is 1. The predicted octanol–water partition coefficient (Wildman–Crippen LogP) is 3.32. The van der Waals surface area contributed by atoms with E-state index >= 15 is 0 Å². The lowest BCUT2D eigenvalue weighted by Crippen LogP contribution is -2.43. The molecule has 0 aliphatic carbocycles. The topological polar surface area (TPSA) is 96.6 Å². The van der Waals surface area contributed by atoms with Crippen molar-refractivity contribution in [1.29, 1.82) is 0 Å². The zero-order valence-corrected chi connectivity index (χ0v) is 13.7. The first-order valence-corrected chi connectivity index (χ1v) is 8.20. The second-order valence-electron chi connectivity index (χ2n) is 4.84. The summed E-state index contributed by atoms with van der Waals surface area (Å²) in [7, 11) is 0. The highest BCUT2D eigenvalue weighted by atomic mass is 35.5. The highest BCUT2D eigenvalue weighted by Crippen LogP contribution is 2.35. The van der Waals surface area contributed by atoms with Crippen molar-refractivity contribution in [1.82, 2.24) is 10.9 Å². The van der Waals surface area contributed by atoms with Gasteiger partial charge in [0.1, 0.15) is 5.84 Å². The van der Waals surface area contributed by atoms with Crippen LogP contribution in [0.1, 0.15) is 10.4 Å². The van der Waals surface area contributed by atoms with Gasteiger partial charge in [-0.2, -0.15) is 0 Å². The lowest BCUT2D eigenvalue weighted by Gasteiger charge is -2.17. The molecule has 2 aromatic rings. The van der Waals surface area contributed by atoms with Gasteiger partial charge in [-0.25, -0.2) is 4.99 Å². The van der Waals surface area contributed by atoms with Crippen LogP contribution in [0.25, 0.3) is 0 Å². The van der Waals surface area contributed by atoms with Crippen LogP contribution in [0.4, 0.5) is 11.4 Å². The molecule has 0 fully saturated rings. The van der Waals surface area contributed by atoms with Gasteiger partial charge in [-0.15, -0.1) is 11.8 Å². The molecule has 0 aromatic heterocycles. The SMILES string of the molecule is O=C(NNC1=Nc2ccc(Cl)cc2SC1)c1ccc([N+](=O)[O-])cc1. The van der Waals surface area contributed by atoms with E-state index in [2.05, 4.69) is 15.8 Å². The van der Waals surface area contributed by atoms with E-state index in [0.29, 0.717) is 22.2 Å². The zero-order chi connectivity index (χ0) is 17.1. The molecule has 1 amide bonds. The summed E-state index contributed by atoms with van der Waals surface area (Å²) in [6.07, 6.45) is 0. The van der Waals surface area contributed by atoms with Crippen LogP contribution in [0.2, 0.25) is 5.02 Å². The smallest absolute Gasteiger partial charge is 0.269 e. The van der Waals surface area contributed by atoms with Gasteiger partial charge in [0.25, 0.3) is 11.6 Å². The minimum Gasteiger partial charge on any atom is -0.284 e. The number of hydrogen-bond donors (Lipinski definition) is 2. The number of fused-ring (bicyclic) bond motifs is 1. The van der Waals surface area contributed by atoms with Gasteiger partial charge in [-0.3, -0.25) is 25.8 Å². The molecule has 1 aliphatic rings. The number of nitrogens with zero attached hydrogens (tertiary/aromatic N) is 2. The summed E-state index contributed by atoms with van der Waals surface area (Å²) >= 11 is 7.50. The molecule has 122 valence electrons. The fraction of sp³-hybridized carbons (Fsp3) is 0.0667. The van der Waals surface area contributed by atoms with Crippen molar-refractivity contribution in [3.05, 3.63) is 63.2 Å². The molecule has 3 rings (SSSR count). The Labute approximate surface area is 146 Å². The van der Waals surface area contributed by atoms with Crippen molar-refractivity contribution < 1.29 is 9.72 Å². The van der Waals surface area contributed by atoms with Crippen LogP contribution in [0, 0.1) is 10.1 Å². The summed E-state index contributed by atoms with van der Waals surface area (Å²) in [4.78, 5) is 27.5. The van der Waals surface area contributed by atoms with E-state index < -0.39 is 10.8 Å². The molecule has 2 N–H and O–H groups in total.